The van der Waals surface area contributed by atoms with Gasteiger partial charge in [-0.25, -0.2) is 0 Å². The molecule has 0 aromatic carbocycles. The normalized spacial score (nSPS) is 22.3. The molecule has 2 atom stereocenters. The van der Waals surface area contributed by atoms with Crippen molar-refractivity contribution in [2.75, 3.05) is 26.8 Å². The van der Waals surface area contributed by atoms with Crippen molar-refractivity contribution in [3.63, 3.8) is 0 Å². The van der Waals surface area contributed by atoms with Gasteiger partial charge in [0.25, 0.3) is 0 Å². The van der Waals surface area contributed by atoms with Crippen molar-refractivity contribution in [2.45, 2.75) is 19.4 Å². The van der Waals surface area contributed by atoms with E-state index in [2.05, 4.69) is 40.2 Å². The third-order valence-electron chi connectivity index (χ3n) is 4.54. The first-order valence-electron chi connectivity index (χ1n) is 7.77. The lowest BCUT2D eigenvalue weighted by Crippen LogP contribution is -2.21. The number of ether oxygens (including phenoxy) is 1. The molecule has 1 fully saturated rings. The zero-order valence-electron chi connectivity index (χ0n) is 13.6. The fourth-order valence-corrected chi connectivity index (χ4v) is 3.51. The van der Waals surface area contributed by atoms with Gasteiger partial charge in [-0.15, -0.1) is 0 Å². The minimum absolute atomic E-state index is 0.514. The maximum atomic E-state index is 5.45. The Balaban J connectivity index is 1.74. The van der Waals surface area contributed by atoms with Gasteiger partial charge >= 0.3 is 0 Å². The molecule has 0 N–H and O–H groups in total. The van der Waals surface area contributed by atoms with E-state index >= 15 is 0 Å². The predicted molar refractivity (Wildman–Crippen MR) is 85.6 cm³/mol. The first-order chi connectivity index (χ1) is 10.7. The van der Waals surface area contributed by atoms with Gasteiger partial charge in [0.1, 0.15) is 0 Å². The summed E-state index contributed by atoms with van der Waals surface area (Å²) in [5.41, 5.74) is 3.80. The van der Waals surface area contributed by atoms with Gasteiger partial charge in [-0.1, -0.05) is 0 Å². The highest BCUT2D eigenvalue weighted by Crippen LogP contribution is 2.33. The van der Waals surface area contributed by atoms with Gasteiger partial charge in [0.15, 0.2) is 0 Å². The number of rotatable bonds is 5. The van der Waals surface area contributed by atoms with Crippen molar-refractivity contribution in [1.29, 1.82) is 0 Å². The van der Waals surface area contributed by atoms with Crippen LogP contribution in [0, 0.1) is 12.8 Å². The zero-order valence-corrected chi connectivity index (χ0v) is 13.6. The van der Waals surface area contributed by atoms with Crippen LogP contribution in [0.1, 0.15) is 22.7 Å². The minimum atomic E-state index is 0.514. The van der Waals surface area contributed by atoms with Crippen molar-refractivity contribution in [2.24, 2.45) is 13.0 Å². The highest BCUT2D eigenvalue weighted by molar-refractivity contribution is 5.21. The van der Waals surface area contributed by atoms with Crippen molar-refractivity contribution in [3.05, 3.63) is 47.5 Å². The quantitative estimate of drug-likeness (QED) is 0.847. The van der Waals surface area contributed by atoms with Gasteiger partial charge in [-0.05, 0) is 24.6 Å². The van der Waals surface area contributed by atoms with E-state index in [1.54, 1.807) is 7.11 Å². The van der Waals surface area contributed by atoms with E-state index in [9.17, 15) is 0 Å². The fourth-order valence-electron chi connectivity index (χ4n) is 3.51. The highest BCUT2D eigenvalue weighted by atomic mass is 16.5. The van der Waals surface area contributed by atoms with Crippen LogP contribution in [0.3, 0.4) is 0 Å². The molecular formula is C17H24N4O. The Hall–Kier alpha value is -1.72. The molecule has 118 valence electrons. The number of likely N-dealkylation sites (tertiary alicyclic amines) is 1. The molecule has 0 saturated carbocycles. The number of aryl methyl sites for hydroxylation is 2. The SMILES string of the molecule is COC[C@@H]1CN(Cc2cn(C)nc2C)C[C@H]1c1ccncc1. The summed E-state index contributed by atoms with van der Waals surface area (Å²) in [7, 11) is 3.77. The average molecular weight is 300 g/mol. The van der Waals surface area contributed by atoms with Crippen molar-refractivity contribution in [1.82, 2.24) is 19.7 Å². The molecule has 0 amide bonds. The molecule has 0 bridgehead atoms. The Bertz CT molecular complexity index is 610. The van der Waals surface area contributed by atoms with Crippen LogP contribution in [0.25, 0.3) is 0 Å². The largest absolute Gasteiger partial charge is 0.384 e. The van der Waals surface area contributed by atoms with Gasteiger partial charge in [-0.3, -0.25) is 14.6 Å². The van der Waals surface area contributed by atoms with Crippen molar-refractivity contribution < 1.29 is 4.74 Å². The maximum absolute atomic E-state index is 5.45. The Labute approximate surface area is 131 Å². The van der Waals surface area contributed by atoms with E-state index in [0.29, 0.717) is 11.8 Å². The lowest BCUT2D eigenvalue weighted by molar-refractivity contribution is 0.147. The van der Waals surface area contributed by atoms with E-state index in [1.807, 2.05) is 24.1 Å². The molecule has 5 heteroatoms. The summed E-state index contributed by atoms with van der Waals surface area (Å²) in [6.45, 7) is 5.97. The van der Waals surface area contributed by atoms with Crippen molar-refractivity contribution >= 4 is 0 Å². The number of hydrogen-bond donors (Lipinski definition) is 0. The second kappa shape index (κ2) is 6.58. The molecule has 0 spiro atoms. The molecule has 3 rings (SSSR count). The molecule has 1 saturated heterocycles. The third kappa shape index (κ3) is 3.20. The fraction of sp³-hybridized carbons (Fsp3) is 0.529. The van der Waals surface area contributed by atoms with Crippen LogP contribution in [0.5, 0.6) is 0 Å². The summed E-state index contributed by atoms with van der Waals surface area (Å²) in [4.78, 5) is 6.65. The molecule has 2 aromatic rings. The molecule has 1 aliphatic rings. The summed E-state index contributed by atoms with van der Waals surface area (Å²) in [6.07, 6.45) is 5.89. The van der Waals surface area contributed by atoms with E-state index in [-0.39, 0.29) is 0 Å². The summed E-state index contributed by atoms with van der Waals surface area (Å²) < 4.78 is 7.34. The van der Waals surface area contributed by atoms with Gasteiger partial charge in [-0.2, -0.15) is 5.10 Å². The molecule has 1 aliphatic heterocycles. The highest BCUT2D eigenvalue weighted by Gasteiger charge is 2.33. The second-order valence-corrected chi connectivity index (χ2v) is 6.21. The van der Waals surface area contributed by atoms with E-state index in [1.165, 1.54) is 11.1 Å². The number of pyridine rings is 1. The molecule has 0 unspecified atom stereocenters. The Kier molecular flexibility index (Phi) is 4.55. The topological polar surface area (TPSA) is 43.2 Å². The Morgan fingerprint density at radius 2 is 2.05 bits per heavy atom. The Morgan fingerprint density at radius 3 is 2.68 bits per heavy atom. The van der Waals surface area contributed by atoms with E-state index in [0.717, 1.165) is 31.9 Å². The third-order valence-corrected chi connectivity index (χ3v) is 4.54. The van der Waals surface area contributed by atoms with Gasteiger partial charge in [0, 0.05) is 69.8 Å². The van der Waals surface area contributed by atoms with Crippen LogP contribution in [-0.2, 0) is 18.3 Å². The van der Waals surface area contributed by atoms with Gasteiger partial charge in [0.05, 0.1) is 12.3 Å². The monoisotopic (exact) mass is 300 g/mol. The van der Waals surface area contributed by atoms with Crippen LogP contribution in [0.4, 0.5) is 0 Å². The molecule has 0 aliphatic carbocycles. The van der Waals surface area contributed by atoms with Crippen LogP contribution >= 0.6 is 0 Å². The standard InChI is InChI=1S/C17H24N4O/c1-13-15(8-20(2)19-13)9-21-10-16(12-22-3)17(11-21)14-4-6-18-7-5-14/h4-8,16-17H,9-12H2,1-3H3/t16-,17-/m0/s1. The number of nitrogens with zero attached hydrogens (tertiary/aromatic N) is 4. The lowest BCUT2D eigenvalue weighted by atomic mass is 9.90. The maximum Gasteiger partial charge on any atom is 0.0638 e. The van der Waals surface area contributed by atoms with Crippen LogP contribution in [0.15, 0.2) is 30.7 Å². The molecule has 5 nitrogen and oxygen atoms in total. The second-order valence-electron chi connectivity index (χ2n) is 6.21. The van der Waals surface area contributed by atoms with Crippen LogP contribution < -0.4 is 0 Å². The van der Waals surface area contributed by atoms with Gasteiger partial charge in [0.2, 0.25) is 0 Å². The van der Waals surface area contributed by atoms with E-state index in [4.69, 9.17) is 4.74 Å². The molecular weight excluding hydrogens is 276 g/mol. The molecule has 2 aromatic heterocycles. The minimum Gasteiger partial charge on any atom is -0.384 e. The average Bonchev–Trinajstić information content (AvgIpc) is 3.04. The Morgan fingerprint density at radius 1 is 1.27 bits per heavy atom. The van der Waals surface area contributed by atoms with Gasteiger partial charge < -0.3 is 4.74 Å². The van der Waals surface area contributed by atoms with Crippen LogP contribution in [-0.4, -0.2) is 46.5 Å². The number of aromatic nitrogens is 3. The first kappa shape index (κ1) is 15.2. The predicted octanol–water partition coefficient (Wildman–Crippen LogP) is 1.99. The summed E-state index contributed by atoms with van der Waals surface area (Å²) in [6, 6.07) is 4.26. The summed E-state index contributed by atoms with van der Waals surface area (Å²) >= 11 is 0. The summed E-state index contributed by atoms with van der Waals surface area (Å²) in [5, 5.41) is 4.44. The smallest absolute Gasteiger partial charge is 0.0638 e. The lowest BCUT2D eigenvalue weighted by Gasteiger charge is -2.17. The van der Waals surface area contributed by atoms with E-state index < -0.39 is 0 Å². The zero-order chi connectivity index (χ0) is 15.5. The first-order valence-corrected chi connectivity index (χ1v) is 7.77. The molecule has 22 heavy (non-hydrogen) atoms. The molecule has 0 radical (unpaired) electrons. The molecule has 3 heterocycles. The number of hydrogen-bond acceptors (Lipinski definition) is 4. The number of methoxy groups -OCH3 is 1. The summed E-state index contributed by atoms with van der Waals surface area (Å²) in [5.74, 6) is 1.05. The van der Waals surface area contributed by atoms with Crippen molar-refractivity contribution in [3.8, 4) is 0 Å². The van der Waals surface area contributed by atoms with Crippen LogP contribution in [0.2, 0.25) is 0 Å².